The van der Waals surface area contributed by atoms with Crippen LogP contribution in [0.1, 0.15) is 31.4 Å². The lowest BCUT2D eigenvalue weighted by atomic mass is 9.99. The Balaban J connectivity index is 2.08. The van der Waals surface area contributed by atoms with E-state index in [1.54, 1.807) is 0 Å². The predicted molar refractivity (Wildman–Crippen MR) is 71.7 cm³/mol. The predicted octanol–water partition coefficient (Wildman–Crippen LogP) is 2.89. The molecule has 0 atom stereocenters. The molecule has 1 aliphatic rings. The molecule has 1 aliphatic heterocycles. The summed E-state index contributed by atoms with van der Waals surface area (Å²) < 4.78 is 6.07. The third-order valence-corrected chi connectivity index (χ3v) is 3.22. The molecule has 2 rings (SSSR count). The monoisotopic (exact) mass is 233 g/mol. The highest BCUT2D eigenvalue weighted by Crippen LogP contribution is 2.37. The van der Waals surface area contributed by atoms with Gasteiger partial charge in [0.05, 0.1) is 0 Å². The summed E-state index contributed by atoms with van der Waals surface area (Å²) in [6.07, 6.45) is 3.33. The Morgan fingerprint density at radius 1 is 1.29 bits per heavy atom. The summed E-state index contributed by atoms with van der Waals surface area (Å²) in [7, 11) is 4.24. The molecule has 0 spiro atoms. The van der Waals surface area contributed by atoms with E-state index in [4.69, 9.17) is 4.74 Å². The van der Waals surface area contributed by atoms with Crippen LogP contribution >= 0.6 is 0 Å². The van der Waals surface area contributed by atoms with E-state index in [2.05, 4.69) is 51.0 Å². The average Bonchev–Trinajstić information content (AvgIpc) is 2.52. The molecule has 0 unspecified atom stereocenters. The van der Waals surface area contributed by atoms with Crippen molar-refractivity contribution in [3.05, 3.63) is 29.3 Å². The first kappa shape index (κ1) is 12.4. The van der Waals surface area contributed by atoms with E-state index in [1.807, 2.05) is 0 Å². The van der Waals surface area contributed by atoms with Crippen LogP contribution in [0.25, 0.3) is 0 Å². The van der Waals surface area contributed by atoms with E-state index < -0.39 is 0 Å². The average molecular weight is 233 g/mol. The van der Waals surface area contributed by atoms with Gasteiger partial charge in [-0.3, -0.25) is 0 Å². The second kappa shape index (κ2) is 4.69. The van der Waals surface area contributed by atoms with Crippen LogP contribution in [0.3, 0.4) is 0 Å². The van der Waals surface area contributed by atoms with E-state index in [0.717, 1.165) is 25.1 Å². The first-order chi connectivity index (χ1) is 7.98. The van der Waals surface area contributed by atoms with Crippen LogP contribution < -0.4 is 4.74 Å². The normalized spacial score (nSPS) is 17.0. The number of aryl methyl sites for hydroxylation is 1. The molecule has 0 saturated carbocycles. The number of para-hydroxylation sites is 1. The molecule has 0 aliphatic carbocycles. The first-order valence-electron chi connectivity index (χ1n) is 6.42. The Bertz CT molecular complexity index is 396. The fourth-order valence-corrected chi connectivity index (χ4v) is 2.46. The highest BCUT2D eigenvalue weighted by molar-refractivity contribution is 5.45. The number of fused-ring (bicyclic) bond motifs is 1. The van der Waals surface area contributed by atoms with Gasteiger partial charge in [-0.25, -0.2) is 0 Å². The summed E-state index contributed by atoms with van der Waals surface area (Å²) in [6, 6.07) is 6.56. The molecule has 0 bridgehead atoms. The van der Waals surface area contributed by atoms with Crippen LogP contribution in [0.2, 0.25) is 0 Å². The summed E-state index contributed by atoms with van der Waals surface area (Å²) in [4.78, 5) is 2.23. The molecular formula is C15H23NO. The van der Waals surface area contributed by atoms with Crippen molar-refractivity contribution in [1.29, 1.82) is 0 Å². The minimum atomic E-state index is -0.0278. The zero-order chi connectivity index (χ0) is 12.5. The molecular weight excluding hydrogens is 210 g/mol. The molecule has 17 heavy (non-hydrogen) atoms. The number of rotatable bonds is 4. The quantitative estimate of drug-likeness (QED) is 0.793. The second-order valence-corrected chi connectivity index (χ2v) is 5.85. The first-order valence-corrected chi connectivity index (χ1v) is 6.42. The Morgan fingerprint density at radius 2 is 2.06 bits per heavy atom. The fraction of sp³-hybridized carbons (Fsp3) is 0.600. The van der Waals surface area contributed by atoms with Gasteiger partial charge in [-0.15, -0.1) is 0 Å². The van der Waals surface area contributed by atoms with E-state index in [1.165, 1.54) is 17.5 Å². The van der Waals surface area contributed by atoms with Crippen LogP contribution in [0, 0.1) is 0 Å². The van der Waals surface area contributed by atoms with Gasteiger partial charge in [-0.2, -0.15) is 0 Å². The fourth-order valence-electron chi connectivity index (χ4n) is 2.46. The van der Waals surface area contributed by atoms with Gasteiger partial charge in [0.1, 0.15) is 11.4 Å². The van der Waals surface area contributed by atoms with Gasteiger partial charge in [0.25, 0.3) is 0 Å². The number of benzene rings is 1. The van der Waals surface area contributed by atoms with Gasteiger partial charge in [0.15, 0.2) is 0 Å². The molecule has 0 N–H and O–H groups in total. The summed E-state index contributed by atoms with van der Waals surface area (Å²) >= 11 is 0. The molecule has 0 radical (unpaired) electrons. The van der Waals surface area contributed by atoms with Gasteiger partial charge in [-0.1, -0.05) is 18.2 Å². The van der Waals surface area contributed by atoms with Crippen molar-refractivity contribution in [1.82, 2.24) is 4.90 Å². The highest BCUT2D eigenvalue weighted by atomic mass is 16.5. The van der Waals surface area contributed by atoms with Crippen molar-refractivity contribution in [3.63, 3.8) is 0 Å². The lowest BCUT2D eigenvalue weighted by molar-refractivity contribution is 0.137. The maximum absolute atomic E-state index is 6.07. The van der Waals surface area contributed by atoms with E-state index in [-0.39, 0.29) is 5.60 Å². The SMILES string of the molecule is CN(C)CCCc1cccc2c1OC(C)(C)C2. The van der Waals surface area contributed by atoms with Gasteiger partial charge >= 0.3 is 0 Å². The Labute approximate surface area is 105 Å². The summed E-state index contributed by atoms with van der Waals surface area (Å²) in [5.41, 5.74) is 2.72. The van der Waals surface area contributed by atoms with Crippen molar-refractivity contribution < 1.29 is 4.74 Å². The smallest absolute Gasteiger partial charge is 0.126 e. The van der Waals surface area contributed by atoms with Gasteiger partial charge in [0, 0.05) is 6.42 Å². The molecule has 0 aromatic heterocycles. The topological polar surface area (TPSA) is 12.5 Å². The zero-order valence-electron chi connectivity index (χ0n) is 11.4. The molecule has 0 amide bonds. The van der Waals surface area contributed by atoms with Gasteiger partial charge in [0.2, 0.25) is 0 Å². The van der Waals surface area contributed by atoms with Crippen LogP contribution in [0.5, 0.6) is 5.75 Å². The molecule has 1 aromatic carbocycles. The lowest BCUT2D eigenvalue weighted by Gasteiger charge is -2.18. The van der Waals surface area contributed by atoms with Crippen molar-refractivity contribution in [3.8, 4) is 5.75 Å². The standard InChI is InChI=1S/C15H23NO/c1-15(2)11-13-8-5-7-12(14(13)17-15)9-6-10-16(3)4/h5,7-8H,6,9-11H2,1-4H3. The van der Waals surface area contributed by atoms with Crippen molar-refractivity contribution in [2.75, 3.05) is 20.6 Å². The molecule has 2 heteroatoms. The largest absolute Gasteiger partial charge is 0.487 e. The molecule has 1 heterocycles. The minimum Gasteiger partial charge on any atom is -0.487 e. The Hall–Kier alpha value is -1.02. The Morgan fingerprint density at radius 3 is 2.76 bits per heavy atom. The van der Waals surface area contributed by atoms with Crippen LogP contribution in [-0.4, -0.2) is 31.1 Å². The third-order valence-electron chi connectivity index (χ3n) is 3.22. The molecule has 0 fully saturated rings. The minimum absolute atomic E-state index is 0.0278. The van der Waals surface area contributed by atoms with E-state index in [9.17, 15) is 0 Å². The van der Waals surface area contributed by atoms with Crippen molar-refractivity contribution in [2.45, 2.75) is 38.7 Å². The molecule has 2 nitrogen and oxygen atoms in total. The number of ether oxygens (including phenoxy) is 1. The van der Waals surface area contributed by atoms with E-state index >= 15 is 0 Å². The van der Waals surface area contributed by atoms with E-state index in [0.29, 0.717) is 0 Å². The number of hydrogen-bond acceptors (Lipinski definition) is 2. The molecule has 0 saturated heterocycles. The van der Waals surface area contributed by atoms with Crippen molar-refractivity contribution >= 4 is 0 Å². The maximum atomic E-state index is 6.07. The summed E-state index contributed by atoms with van der Waals surface area (Å²) in [6.45, 7) is 5.46. The van der Waals surface area contributed by atoms with Crippen LogP contribution in [-0.2, 0) is 12.8 Å². The molecule has 94 valence electrons. The lowest BCUT2D eigenvalue weighted by Crippen LogP contribution is -2.24. The highest BCUT2D eigenvalue weighted by Gasteiger charge is 2.31. The number of hydrogen-bond donors (Lipinski definition) is 0. The zero-order valence-corrected chi connectivity index (χ0v) is 11.4. The Kier molecular flexibility index (Phi) is 3.43. The van der Waals surface area contributed by atoms with Gasteiger partial charge < -0.3 is 9.64 Å². The summed E-state index contributed by atoms with van der Waals surface area (Å²) in [5.74, 6) is 1.15. The van der Waals surface area contributed by atoms with Crippen LogP contribution in [0.4, 0.5) is 0 Å². The van der Waals surface area contributed by atoms with Gasteiger partial charge in [-0.05, 0) is 58.5 Å². The summed E-state index contributed by atoms with van der Waals surface area (Å²) in [5, 5.41) is 0. The molecule has 1 aromatic rings. The van der Waals surface area contributed by atoms with Crippen LogP contribution in [0.15, 0.2) is 18.2 Å². The van der Waals surface area contributed by atoms with Crippen molar-refractivity contribution in [2.24, 2.45) is 0 Å². The number of nitrogens with zero attached hydrogens (tertiary/aromatic N) is 1. The third kappa shape index (κ3) is 3.01. The second-order valence-electron chi connectivity index (χ2n) is 5.85. The maximum Gasteiger partial charge on any atom is 0.126 e.